The van der Waals surface area contributed by atoms with Gasteiger partial charge in [-0.25, -0.2) is 0 Å². The van der Waals surface area contributed by atoms with Gasteiger partial charge in [0.25, 0.3) is 0 Å². The summed E-state index contributed by atoms with van der Waals surface area (Å²) in [4.78, 5) is 23.6. The lowest BCUT2D eigenvalue weighted by molar-refractivity contribution is -0.176. The van der Waals surface area contributed by atoms with Crippen molar-refractivity contribution in [1.82, 2.24) is 0 Å². The Balaban J connectivity index is 1.49. The van der Waals surface area contributed by atoms with Gasteiger partial charge in [-0.2, -0.15) is 0 Å². The van der Waals surface area contributed by atoms with Crippen LogP contribution in [0.15, 0.2) is 16.7 Å². The summed E-state index contributed by atoms with van der Waals surface area (Å²) in [5.74, 6) is 2.08. The van der Waals surface area contributed by atoms with Crippen molar-refractivity contribution >= 4 is 11.9 Å². The van der Waals surface area contributed by atoms with E-state index >= 15 is 0 Å². The fraction of sp³-hybridized carbons (Fsp3) is 0.750. The van der Waals surface area contributed by atoms with Crippen LogP contribution in [0, 0.1) is 22.7 Å². The number of hydrogen-bond acceptors (Lipinski definition) is 5. The minimum atomic E-state index is -0.648. The second-order valence-corrected chi connectivity index (χ2v) is 10.4. The van der Waals surface area contributed by atoms with Gasteiger partial charge in [0, 0.05) is 26.2 Å². The molecular weight excluding hydrogens is 368 g/mol. The summed E-state index contributed by atoms with van der Waals surface area (Å²) >= 11 is 0. The topological polar surface area (TPSA) is 65.7 Å². The number of esters is 2. The first-order chi connectivity index (χ1) is 13.8. The van der Waals surface area contributed by atoms with Gasteiger partial charge in [-0.15, -0.1) is 0 Å². The third-order valence-electron chi connectivity index (χ3n) is 9.03. The Bertz CT molecular complexity index is 842. The zero-order chi connectivity index (χ0) is 20.4. The quantitative estimate of drug-likeness (QED) is 0.683. The van der Waals surface area contributed by atoms with Gasteiger partial charge in [0.15, 0.2) is 0 Å². The van der Waals surface area contributed by atoms with Crippen molar-refractivity contribution in [2.75, 3.05) is 6.61 Å². The third-order valence-corrected chi connectivity index (χ3v) is 9.03. The molecule has 1 aromatic rings. The van der Waals surface area contributed by atoms with Crippen LogP contribution in [0.2, 0.25) is 0 Å². The number of furan rings is 1. The highest BCUT2D eigenvalue weighted by atomic mass is 16.6. The molecule has 29 heavy (non-hydrogen) atoms. The van der Waals surface area contributed by atoms with Crippen molar-refractivity contribution < 1.29 is 23.5 Å². The first kappa shape index (κ1) is 19.2. The maximum absolute atomic E-state index is 12.0. The van der Waals surface area contributed by atoms with Crippen molar-refractivity contribution in [3.63, 3.8) is 0 Å². The molecule has 0 radical (unpaired) electrons. The van der Waals surface area contributed by atoms with Gasteiger partial charge >= 0.3 is 11.9 Å². The van der Waals surface area contributed by atoms with E-state index in [0.29, 0.717) is 11.8 Å². The standard InChI is InChI=1S/C24H32O5/c1-15(25)28-14-24(29-16(2)26)13-23-10-6-19-18-8-11-27-20(18)7-9-22(19,3)21(23)5-4-17(24)12-23/h8,11,17,19,21H,4-7,9-10,12-14H2,1-3H3/t17-,19-,21+,22-,23+,24+/m1/s1. The molecular formula is C24H32O5. The smallest absolute Gasteiger partial charge is 0.303 e. The van der Waals surface area contributed by atoms with E-state index in [4.69, 9.17) is 13.9 Å². The number of carbonyl (C=O) groups is 2. The molecule has 0 aromatic carbocycles. The van der Waals surface area contributed by atoms with E-state index in [2.05, 4.69) is 13.0 Å². The highest BCUT2D eigenvalue weighted by molar-refractivity contribution is 5.67. The molecule has 0 N–H and O–H groups in total. The highest BCUT2D eigenvalue weighted by Gasteiger charge is 2.67. The Morgan fingerprint density at radius 3 is 2.76 bits per heavy atom. The maximum atomic E-state index is 12.0. The Hall–Kier alpha value is -1.78. The molecule has 158 valence electrons. The van der Waals surface area contributed by atoms with Crippen LogP contribution in [-0.4, -0.2) is 24.1 Å². The van der Waals surface area contributed by atoms with Gasteiger partial charge in [0.05, 0.1) is 6.26 Å². The van der Waals surface area contributed by atoms with Crippen LogP contribution in [0.4, 0.5) is 0 Å². The van der Waals surface area contributed by atoms with Crippen LogP contribution in [-0.2, 0) is 25.5 Å². The lowest BCUT2D eigenvalue weighted by Crippen LogP contribution is -2.51. The molecule has 5 nitrogen and oxygen atoms in total. The molecule has 2 bridgehead atoms. The van der Waals surface area contributed by atoms with E-state index in [9.17, 15) is 9.59 Å². The summed E-state index contributed by atoms with van der Waals surface area (Å²) in [6.07, 6.45) is 10.5. The van der Waals surface area contributed by atoms with E-state index in [1.54, 1.807) is 0 Å². The average Bonchev–Trinajstić information content (AvgIpc) is 3.20. The summed E-state index contributed by atoms with van der Waals surface area (Å²) in [6, 6.07) is 2.19. The number of hydrogen-bond donors (Lipinski definition) is 0. The second-order valence-electron chi connectivity index (χ2n) is 10.4. The number of ether oxygens (including phenoxy) is 2. The molecule has 0 unspecified atom stereocenters. The van der Waals surface area contributed by atoms with Crippen molar-refractivity contribution in [2.45, 2.75) is 83.7 Å². The largest absolute Gasteiger partial charge is 0.469 e. The first-order valence-corrected chi connectivity index (χ1v) is 11.2. The van der Waals surface area contributed by atoms with Gasteiger partial charge in [0.1, 0.15) is 18.0 Å². The molecule has 1 heterocycles. The molecule has 5 rings (SSSR count). The molecule has 3 fully saturated rings. The van der Waals surface area contributed by atoms with Gasteiger partial charge in [-0.1, -0.05) is 6.92 Å². The molecule has 5 heteroatoms. The SMILES string of the molecule is CC(=O)OC[C@@]1(OC(C)=O)C[C@@]23CC[C@@H]4c5ccoc5CC[C@@]4(C)[C@@H]2CC[C@@H]1C3. The predicted molar refractivity (Wildman–Crippen MR) is 106 cm³/mol. The van der Waals surface area contributed by atoms with E-state index in [0.717, 1.165) is 38.5 Å². The van der Waals surface area contributed by atoms with E-state index < -0.39 is 5.60 Å². The van der Waals surface area contributed by atoms with Crippen LogP contribution in [0.1, 0.15) is 83.0 Å². The molecule has 0 aliphatic heterocycles. The van der Waals surface area contributed by atoms with Crippen LogP contribution in [0.25, 0.3) is 0 Å². The predicted octanol–water partition coefficient (Wildman–Crippen LogP) is 4.78. The minimum Gasteiger partial charge on any atom is -0.469 e. The second kappa shape index (κ2) is 6.36. The molecule has 1 spiro atoms. The van der Waals surface area contributed by atoms with Gasteiger partial charge < -0.3 is 13.9 Å². The van der Waals surface area contributed by atoms with Crippen LogP contribution >= 0.6 is 0 Å². The summed E-state index contributed by atoms with van der Waals surface area (Å²) in [6.45, 7) is 5.61. The summed E-state index contributed by atoms with van der Waals surface area (Å²) in [7, 11) is 0. The molecule has 1 aromatic heterocycles. The van der Waals surface area contributed by atoms with E-state index in [-0.39, 0.29) is 35.3 Å². The minimum absolute atomic E-state index is 0.186. The number of carbonyl (C=O) groups excluding carboxylic acids is 2. The molecule has 4 aliphatic rings. The monoisotopic (exact) mass is 400 g/mol. The lowest BCUT2D eigenvalue weighted by atomic mass is 9.45. The van der Waals surface area contributed by atoms with Crippen molar-refractivity contribution in [3.05, 3.63) is 23.7 Å². The Kier molecular flexibility index (Phi) is 4.21. The molecule has 0 amide bonds. The summed E-state index contributed by atoms with van der Waals surface area (Å²) < 4.78 is 17.2. The summed E-state index contributed by atoms with van der Waals surface area (Å²) in [5, 5.41) is 0. The third kappa shape index (κ3) is 2.72. The van der Waals surface area contributed by atoms with Crippen LogP contribution in [0.5, 0.6) is 0 Å². The maximum Gasteiger partial charge on any atom is 0.303 e. The molecule has 0 saturated heterocycles. The lowest BCUT2D eigenvalue weighted by Gasteiger charge is -2.59. The Labute approximate surface area is 172 Å². The van der Waals surface area contributed by atoms with Crippen LogP contribution < -0.4 is 0 Å². The van der Waals surface area contributed by atoms with Gasteiger partial charge in [0.2, 0.25) is 0 Å². The van der Waals surface area contributed by atoms with Crippen molar-refractivity contribution in [3.8, 4) is 0 Å². The fourth-order valence-electron chi connectivity index (χ4n) is 8.13. The zero-order valence-corrected chi connectivity index (χ0v) is 17.8. The van der Waals surface area contributed by atoms with Crippen LogP contribution in [0.3, 0.4) is 0 Å². The molecule has 6 atom stereocenters. The van der Waals surface area contributed by atoms with Crippen molar-refractivity contribution in [2.24, 2.45) is 22.7 Å². The van der Waals surface area contributed by atoms with Crippen molar-refractivity contribution in [1.29, 1.82) is 0 Å². The van der Waals surface area contributed by atoms with Gasteiger partial charge in [-0.3, -0.25) is 9.59 Å². The Morgan fingerprint density at radius 2 is 2.00 bits per heavy atom. The molecule has 4 aliphatic carbocycles. The number of fused-ring (bicyclic) bond motifs is 5. The number of rotatable bonds is 3. The first-order valence-electron chi connectivity index (χ1n) is 11.2. The normalized spacial score (nSPS) is 42.4. The van der Waals surface area contributed by atoms with E-state index in [1.165, 1.54) is 38.0 Å². The zero-order valence-electron chi connectivity index (χ0n) is 17.8. The average molecular weight is 401 g/mol. The highest BCUT2D eigenvalue weighted by Crippen LogP contribution is 2.72. The number of aryl methyl sites for hydroxylation is 1. The van der Waals surface area contributed by atoms with Gasteiger partial charge in [-0.05, 0) is 79.2 Å². The molecule has 3 saturated carbocycles. The fourth-order valence-corrected chi connectivity index (χ4v) is 8.13. The van der Waals surface area contributed by atoms with E-state index in [1.807, 2.05) is 6.26 Å². The summed E-state index contributed by atoms with van der Waals surface area (Å²) in [5.41, 5.74) is 1.23. The Morgan fingerprint density at radius 1 is 1.17 bits per heavy atom.